The molecule has 0 radical (unpaired) electrons. The number of aromatic hydroxyl groups is 1. The zero-order valence-electron chi connectivity index (χ0n) is 15.6. The maximum absolute atomic E-state index is 14.4. The number of rotatable bonds is 5. The normalized spacial score (nSPS) is 12.0. The number of aromatic nitrogens is 1. The Bertz CT molecular complexity index is 952. The van der Waals surface area contributed by atoms with E-state index in [1.807, 2.05) is 26.8 Å². The number of benzene rings is 2. The van der Waals surface area contributed by atoms with Gasteiger partial charge < -0.3 is 10.4 Å². The summed E-state index contributed by atoms with van der Waals surface area (Å²) in [4.78, 5) is 4.58. The lowest BCUT2D eigenvalue weighted by Crippen LogP contribution is -2.14. The molecule has 3 nitrogen and oxygen atoms in total. The van der Waals surface area contributed by atoms with Crippen molar-refractivity contribution < 1.29 is 13.9 Å². The van der Waals surface area contributed by atoms with Crippen LogP contribution < -0.4 is 5.32 Å². The minimum Gasteiger partial charge on any atom is -0.507 e. The molecule has 1 heterocycles. The second kappa shape index (κ2) is 7.74. The van der Waals surface area contributed by atoms with Gasteiger partial charge in [0.2, 0.25) is 0 Å². The molecule has 2 aromatic carbocycles. The second-order valence-corrected chi connectivity index (χ2v) is 6.70. The van der Waals surface area contributed by atoms with E-state index >= 15 is 0 Å². The summed E-state index contributed by atoms with van der Waals surface area (Å²) >= 11 is 0. The third-order valence-electron chi connectivity index (χ3n) is 4.52. The molecule has 1 aromatic heterocycles. The van der Waals surface area contributed by atoms with Crippen LogP contribution in [0.25, 0.3) is 22.4 Å². The van der Waals surface area contributed by atoms with E-state index in [2.05, 4.69) is 10.3 Å². The van der Waals surface area contributed by atoms with Gasteiger partial charge in [0.15, 0.2) is 11.6 Å². The fraction of sp³-hybridized carbons (Fsp3) is 0.227. The fourth-order valence-corrected chi connectivity index (χ4v) is 2.83. The summed E-state index contributed by atoms with van der Waals surface area (Å²) in [5.41, 5.74) is 2.63. The van der Waals surface area contributed by atoms with Crippen LogP contribution in [0.4, 0.5) is 14.6 Å². The Morgan fingerprint density at radius 1 is 1.07 bits per heavy atom. The standard InChI is InChI=1S/C22H22F2N2O/c1-4-14(3)25-21-12-15(16-6-5-7-18(23)22(16)24)11-19(26-21)17-10-13(2)8-9-20(17)27/h5-12,14,27H,4H2,1-3H3,(H,25,26). The van der Waals surface area contributed by atoms with Crippen molar-refractivity contribution in [2.45, 2.75) is 33.2 Å². The Hall–Kier alpha value is -2.95. The van der Waals surface area contributed by atoms with Crippen LogP contribution in [-0.4, -0.2) is 16.1 Å². The summed E-state index contributed by atoms with van der Waals surface area (Å²) in [5, 5.41) is 13.5. The Morgan fingerprint density at radius 2 is 1.85 bits per heavy atom. The van der Waals surface area contributed by atoms with E-state index in [1.54, 1.807) is 24.3 Å². The van der Waals surface area contributed by atoms with Crippen molar-refractivity contribution in [1.82, 2.24) is 4.98 Å². The Kier molecular flexibility index (Phi) is 5.40. The van der Waals surface area contributed by atoms with Crippen molar-refractivity contribution in [2.75, 3.05) is 5.32 Å². The minimum absolute atomic E-state index is 0.0828. The van der Waals surface area contributed by atoms with Crippen LogP contribution in [0.2, 0.25) is 0 Å². The molecule has 0 amide bonds. The highest BCUT2D eigenvalue weighted by molar-refractivity contribution is 5.77. The number of aryl methyl sites for hydroxylation is 1. The van der Waals surface area contributed by atoms with Crippen molar-refractivity contribution in [2.24, 2.45) is 0 Å². The van der Waals surface area contributed by atoms with Crippen LogP contribution in [0.1, 0.15) is 25.8 Å². The smallest absolute Gasteiger partial charge is 0.166 e. The molecule has 1 atom stereocenters. The molecule has 0 fully saturated rings. The van der Waals surface area contributed by atoms with E-state index in [1.165, 1.54) is 12.1 Å². The zero-order valence-corrected chi connectivity index (χ0v) is 15.6. The van der Waals surface area contributed by atoms with E-state index in [0.29, 0.717) is 22.6 Å². The van der Waals surface area contributed by atoms with Crippen molar-refractivity contribution in [3.8, 4) is 28.1 Å². The third kappa shape index (κ3) is 4.08. The topological polar surface area (TPSA) is 45.1 Å². The van der Waals surface area contributed by atoms with Crippen molar-refractivity contribution in [1.29, 1.82) is 0 Å². The summed E-state index contributed by atoms with van der Waals surface area (Å²) in [7, 11) is 0. The number of hydrogen-bond donors (Lipinski definition) is 2. The van der Waals surface area contributed by atoms with Crippen LogP contribution >= 0.6 is 0 Å². The molecular formula is C22H22F2N2O. The lowest BCUT2D eigenvalue weighted by molar-refractivity contribution is 0.477. The average Bonchev–Trinajstić information content (AvgIpc) is 2.65. The Morgan fingerprint density at radius 3 is 2.59 bits per heavy atom. The number of phenolic OH excluding ortho intramolecular Hbond substituents is 1. The summed E-state index contributed by atoms with van der Waals surface area (Å²) in [5.74, 6) is -1.18. The van der Waals surface area contributed by atoms with Crippen LogP contribution in [0.3, 0.4) is 0 Å². The van der Waals surface area contributed by atoms with Gasteiger partial charge in [-0.3, -0.25) is 0 Å². The monoisotopic (exact) mass is 368 g/mol. The molecule has 0 aliphatic heterocycles. The number of halogens is 2. The number of nitrogens with zero attached hydrogens (tertiary/aromatic N) is 1. The number of phenols is 1. The van der Waals surface area contributed by atoms with Gasteiger partial charge in [0.25, 0.3) is 0 Å². The first-order valence-corrected chi connectivity index (χ1v) is 8.92. The van der Waals surface area contributed by atoms with E-state index < -0.39 is 11.6 Å². The van der Waals surface area contributed by atoms with E-state index in [9.17, 15) is 13.9 Å². The maximum atomic E-state index is 14.4. The number of pyridine rings is 1. The molecule has 27 heavy (non-hydrogen) atoms. The molecule has 140 valence electrons. The molecule has 2 N–H and O–H groups in total. The first-order chi connectivity index (χ1) is 12.9. The van der Waals surface area contributed by atoms with Gasteiger partial charge in [-0.2, -0.15) is 0 Å². The minimum atomic E-state index is -0.905. The average molecular weight is 368 g/mol. The Balaban J connectivity index is 2.20. The van der Waals surface area contributed by atoms with E-state index in [0.717, 1.165) is 18.1 Å². The summed E-state index contributed by atoms with van der Waals surface area (Å²) in [6, 6.07) is 12.8. The first kappa shape index (κ1) is 18.8. The fourth-order valence-electron chi connectivity index (χ4n) is 2.83. The highest BCUT2D eigenvalue weighted by Gasteiger charge is 2.15. The molecule has 0 aliphatic rings. The zero-order chi connectivity index (χ0) is 19.6. The summed E-state index contributed by atoms with van der Waals surface area (Å²) in [6.07, 6.45) is 0.880. The molecule has 5 heteroatoms. The van der Waals surface area contributed by atoms with Gasteiger partial charge in [-0.05, 0) is 56.2 Å². The Labute approximate surface area is 157 Å². The summed E-state index contributed by atoms with van der Waals surface area (Å²) in [6.45, 7) is 5.97. The third-order valence-corrected chi connectivity index (χ3v) is 4.52. The lowest BCUT2D eigenvalue weighted by atomic mass is 10.0. The van der Waals surface area contributed by atoms with Crippen LogP contribution in [0, 0.1) is 18.6 Å². The lowest BCUT2D eigenvalue weighted by Gasteiger charge is -2.16. The highest BCUT2D eigenvalue weighted by Crippen LogP contribution is 2.34. The first-order valence-electron chi connectivity index (χ1n) is 8.92. The summed E-state index contributed by atoms with van der Waals surface area (Å²) < 4.78 is 28.1. The maximum Gasteiger partial charge on any atom is 0.166 e. The van der Waals surface area contributed by atoms with E-state index in [4.69, 9.17) is 0 Å². The van der Waals surface area contributed by atoms with Gasteiger partial charge >= 0.3 is 0 Å². The van der Waals surface area contributed by atoms with Crippen molar-refractivity contribution in [3.63, 3.8) is 0 Å². The second-order valence-electron chi connectivity index (χ2n) is 6.70. The molecule has 0 saturated carbocycles. The molecule has 0 bridgehead atoms. The molecule has 1 unspecified atom stereocenters. The quantitative estimate of drug-likeness (QED) is 0.588. The predicted octanol–water partition coefficient (Wildman–Crippen LogP) is 5.92. The van der Waals surface area contributed by atoms with Gasteiger partial charge in [-0.1, -0.05) is 30.7 Å². The molecule has 3 aromatic rings. The number of nitrogens with one attached hydrogen (secondary N) is 1. The largest absolute Gasteiger partial charge is 0.507 e. The molecular weight excluding hydrogens is 346 g/mol. The molecule has 3 rings (SSSR count). The van der Waals surface area contributed by atoms with Crippen molar-refractivity contribution >= 4 is 5.82 Å². The predicted molar refractivity (Wildman–Crippen MR) is 105 cm³/mol. The van der Waals surface area contributed by atoms with Crippen LogP contribution in [-0.2, 0) is 0 Å². The van der Waals surface area contributed by atoms with Crippen LogP contribution in [0.15, 0.2) is 48.5 Å². The van der Waals surface area contributed by atoms with Crippen LogP contribution in [0.5, 0.6) is 5.75 Å². The molecule has 0 spiro atoms. The van der Waals surface area contributed by atoms with Gasteiger partial charge in [-0.15, -0.1) is 0 Å². The SMILES string of the molecule is CCC(C)Nc1cc(-c2cccc(F)c2F)cc(-c2cc(C)ccc2O)n1. The molecule has 0 saturated heterocycles. The highest BCUT2D eigenvalue weighted by atomic mass is 19.2. The van der Waals surface area contributed by atoms with Gasteiger partial charge in [-0.25, -0.2) is 13.8 Å². The van der Waals surface area contributed by atoms with Gasteiger partial charge in [0, 0.05) is 17.2 Å². The number of hydrogen-bond acceptors (Lipinski definition) is 3. The van der Waals surface area contributed by atoms with E-state index in [-0.39, 0.29) is 17.4 Å². The van der Waals surface area contributed by atoms with Gasteiger partial charge in [0.1, 0.15) is 11.6 Å². The number of anilines is 1. The van der Waals surface area contributed by atoms with Crippen molar-refractivity contribution in [3.05, 3.63) is 65.7 Å². The van der Waals surface area contributed by atoms with Gasteiger partial charge in [0.05, 0.1) is 5.69 Å². The molecule has 0 aliphatic carbocycles.